The van der Waals surface area contributed by atoms with Crippen molar-refractivity contribution in [3.05, 3.63) is 369 Å². The first-order chi connectivity index (χ1) is 53.3. The van der Waals surface area contributed by atoms with Gasteiger partial charge in [0.2, 0.25) is 0 Å². The normalized spacial score (nSPS) is 10.8. The summed E-state index contributed by atoms with van der Waals surface area (Å²) in [6, 6.07) is 107. The largest absolute Gasteiger partial charge is 0.512 e. The molecule has 571 valence electrons. The number of halogens is 1. The van der Waals surface area contributed by atoms with E-state index in [1.54, 1.807) is 11.3 Å². The van der Waals surface area contributed by atoms with Gasteiger partial charge in [-0.05, 0) is 128 Å². The zero-order chi connectivity index (χ0) is 77.5. The molecule has 0 spiro atoms. The number of rotatable bonds is 13. The van der Waals surface area contributed by atoms with Gasteiger partial charge in [0.15, 0.2) is 17.3 Å². The minimum absolute atomic E-state index is 0. The van der Waals surface area contributed by atoms with Gasteiger partial charge >= 0.3 is 0 Å². The molecule has 9 nitrogen and oxygen atoms in total. The first kappa shape index (κ1) is 87.6. The van der Waals surface area contributed by atoms with Gasteiger partial charge in [-0.1, -0.05) is 212 Å². The fourth-order valence-electron chi connectivity index (χ4n) is 11.9. The number of hydrogen-bond donors (Lipinski definition) is 3. The van der Waals surface area contributed by atoms with Crippen molar-refractivity contribution in [3.63, 3.8) is 0 Å². The number of hydrogen-bond acceptors (Lipinski definition) is 12. The second-order valence-corrected chi connectivity index (χ2v) is 28.8. The molecule has 3 radical (unpaired) electrons. The van der Waals surface area contributed by atoms with E-state index in [4.69, 9.17) is 25.3 Å². The van der Waals surface area contributed by atoms with Crippen molar-refractivity contribution in [1.82, 2.24) is 15.0 Å². The summed E-state index contributed by atoms with van der Waals surface area (Å²) in [5.41, 5.74) is 20.2. The van der Waals surface area contributed by atoms with Crippen LogP contribution >= 0.6 is 34.0 Å². The van der Waals surface area contributed by atoms with Gasteiger partial charge in [0, 0.05) is 148 Å². The van der Waals surface area contributed by atoms with Crippen LogP contribution in [-0.2, 0) is 74.7 Å². The van der Waals surface area contributed by atoms with Gasteiger partial charge in [0.25, 0.3) is 0 Å². The molecule has 0 bridgehead atoms. The van der Waals surface area contributed by atoms with Crippen LogP contribution in [0.2, 0.25) is 0 Å². The Labute approximate surface area is 711 Å². The third-order valence-electron chi connectivity index (χ3n) is 16.9. The molecule has 3 N–H and O–H groups in total. The number of aryl methyl sites for hydroxylation is 1. The number of carbonyl (C=O) groups is 3. The van der Waals surface area contributed by atoms with E-state index in [9.17, 15) is 18.8 Å². The van der Waals surface area contributed by atoms with Crippen molar-refractivity contribution in [1.29, 1.82) is 0 Å². The molecule has 6 heterocycles. The predicted molar refractivity (Wildman–Crippen MR) is 456 cm³/mol. The second kappa shape index (κ2) is 43.2. The van der Waals surface area contributed by atoms with Crippen LogP contribution in [0.1, 0.15) is 47.1 Å². The molecule has 113 heavy (non-hydrogen) atoms. The Bertz CT molecular complexity index is 5840. The molecule has 16 rings (SSSR count). The van der Waals surface area contributed by atoms with Gasteiger partial charge in [-0.15, -0.1) is 140 Å². The van der Waals surface area contributed by atoms with Crippen molar-refractivity contribution >= 4 is 81.6 Å². The van der Waals surface area contributed by atoms with E-state index in [1.807, 2.05) is 102 Å². The summed E-state index contributed by atoms with van der Waals surface area (Å²) in [4.78, 5) is 48.0. The molecule has 0 fully saturated rings. The van der Waals surface area contributed by atoms with Crippen LogP contribution in [0.4, 0.5) is 4.39 Å². The minimum Gasteiger partial charge on any atom is -0.512 e. The van der Waals surface area contributed by atoms with Crippen LogP contribution in [0.15, 0.2) is 339 Å². The number of thiophene rings is 3. The monoisotopic (exact) mass is 2070 g/mol. The molecule has 0 aliphatic rings. The van der Waals surface area contributed by atoms with Crippen LogP contribution in [0.5, 0.6) is 0 Å². The Balaban J connectivity index is 0.000000186. The maximum Gasteiger partial charge on any atom is 0.155 e. The third-order valence-corrected chi connectivity index (χ3v) is 20.5. The molecule has 0 amide bonds. The Morgan fingerprint density at radius 2 is 0.673 bits per heavy atom. The smallest absolute Gasteiger partial charge is 0.155 e. The number of nitrogens with zero attached hydrogens (tertiary/aromatic N) is 3. The summed E-state index contributed by atoms with van der Waals surface area (Å²) in [5.74, 6) is -0.407. The number of ketones is 3. The summed E-state index contributed by atoms with van der Waals surface area (Å²) in [6.45, 7) is 10.7. The van der Waals surface area contributed by atoms with Crippen LogP contribution in [0, 0.1) is 30.9 Å². The molecule has 0 saturated carbocycles. The van der Waals surface area contributed by atoms with Gasteiger partial charge in [0.05, 0.1) is 17.3 Å². The standard InChI is InChI=1S/C31H20NS.C26H18NS.C25H15FNS.3C5H8O2.3Ir/c1-4-11-22(12-5-1)25-17-10-18-26(19-25)28-20-29-27(21-32-28)30(23-13-6-2-7-14-23)31(33-29)24-15-8-3-9-16-24;1-18-23-17-27-24(16-25(23)28-26(18)20-11-6-3-7-12-20)22-14-8-13-21(15-22)19-9-4-2-5-10-19;26-22-11-9-18(10-12-22)24-14-21-16-27-23(15-25(21)28-24)20-8-4-7-19(13-20)17-5-2-1-3-6-17;3*1-4(6)3-5(2)7;;;/h1-17,19-21H;2-13,15-17H,1H3;1-7,9-16H;3*3,6H,1-2H3;;;/q3*-1;;;;;;. The summed E-state index contributed by atoms with van der Waals surface area (Å²) < 4.78 is 16.8. The summed E-state index contributed by atoms with van der Waals surface area (Å²) in [7, 11) is 0. The Hall–Kier alpha value is -11.0. The van der Waals surface area contributed by atoms with Gasteiger partial charge < -0.3 is 30.3 Å². The number of benzene rings is 10. The van der Waals surface area contributed by atoms with E-state index >= 15 is 0 Å². The van der Waals surface area contributed by atoms with E-state index in [-0.39, 0.29) is 101 Å². The number of aromatic nitrogens is 3. The molecular weight excluding hydrogens is 1990 g/mol. The predicted octanol–water partition coefficient (Wildman–Crippen LogP) is 26.5. The number of carbonyl (C=O) groups excluding carboxylic acids is 3. The SMILES string of the molecule is CC(=O)C=C(C)O.CC(=O)C=C(C)O.CC(=O)C=C(C)O.Cc1c(-c2ccccc2)sc2cc(-c3[c-]ccc(-c4ccccc4)c3)ncc12.Fc1ccc(-c2cc3cnc(-c4[c-]ccc(-c5ccccc5)c4)cc3s2)cc1.[Ir].[Ir].[Ir].[c-]1ccc(-c2ccccc2)cc1-c1cc2sc(-c3ccccc3)c(-c3ccccc3)c2cn1. The van der Waals surface area contributed by atoms with Gasteiger partial charge in [-0.2, -0.15) is 0 Å². The van der Waals surface area contributed by atoms with Gasteiger partial charge in [0.1, 0.15) is 5.82 Å². The fourth-order valence-corrected chi connectivity index (χ4v) is 15.5. The topological polar surface area (TPSA) is 151 Å². The molecule has 0 aliphatic carbocycles. The quantitative estimate of drug-likeness (QED) is 0.0582. The number of aliphatic hydroxyl groups is 3. The van der Waals surface area contributed by atoms with Crippen LogP contribution in [-0.4, -0.2) is 47.6 Å². The van der Waals surface area contributed by atoms with Crippen LogP contribution in [0.25, 0.3) is 140 Å². The van der Waals surface area contributed by atoms with E-state index in [1.165, 1.54) is 157 Å². The van der Waals surface area contributed by atoms with Crippen molar-refractivity contribution in [2.75, 3.05) is 0 Å². The number of pyridine rings is 3. The van der Waals surface area contributed by atoms with E-state index in [2.05, 4.69) is 242 Å². The maximum atomic E-state index is 13.2. The maximum absolute atomic E-state index is 13.2. The minimum atomic E-state index is -0.220. The molecule has 0 saturated heterocycles. The molecular formula is C97H77FIr3N3O6S3-3. The van der Waals surface area contributed by atoms with E-state index in [0.29, 0.717) is 0 Å². The number of fused-ring (bicyclic) bond motifs is 3. The van der Waals surface area contributed by atoms with Crippen molar-refractivity contribution < 1.29 is 94.4 Å². The summed E-state index contributed by atoms with van der Waals surface area (Å²) in [6.07, 6.45) is 9.43. The van der Waals surface area contributed by atoms with Crippen molar-refractivity contribution in [2.24, 2.45) is 0 Å². The van der Waals surface area contributed by atoms with Crippen molar-refractivity contribution in [3.8, 4) is 110 Å². The van der Waals surface area contributed by atoms with E-state index in [0.717, 1.165) is 59.9 Å². The van der Waals surface area contributed by atoms with E-state index < -0.39 is 0 Å². The molecule has 0 atom stereocenters. The molecule has 6 aromatic heterocycles. The zero-order valence-electron chi connectivity index (χ0n) is 62.6. The first-order valence-electron chi connectivity index (χ1n) is 35.3. The first-order valence-corrected chi connectivity index (χ1v) is 37.7. The summed E-state index contributed by atoms with van der Waals surface area (Å²) >= 11 is 5.35. The number of allylic oxidation sites excluding steroid dienone is 6. The van der Waals surface area contributed by atoms with Gasteiger partial charge in [-0.25, -0.2) is 4.39 Å². The molecule has 0 unspecified atom stereocenters. The molecule has 16 heteroatoms. The Morgan fingerprint density at radius 1 is 0.345 bits per heavy atom. The Morgan fingerprint density at radius 3 is 1.04 bits per heavy atom. The van der Waals surface area contributed by atoms with Crippen LogP contribution < -0.4 is 0 Å². The zero-order valence-corrected chi connectivity index (χ0v) is 72.2. The average Bonchev–Trinajstić information content (AvgIpc) is 1.57. The second-order valence-electron chi connectivity index (χ2n) is 25.6. The fraction of sp³-hybridized carbons (Fsp3) is 0.0722. The third kappa shape index (κ3) is 24.8. The molecule has 0 aliphatic heterocycles. The van der Waals surface area contributed by atoms with Crippen molar-refractivity contribution in [2.45, 2.75) is 48.5 Å². The molecule has 16 aromatic rings. The summed E-state index contributed by atoms with van der Waals surface area (Å²) in [5, 5.41) is 28.6. The van der Waals surface area contributed by atoms with Gasteiger partial charge in [-0.3, -0.25) is 14.4 Å². The Kier molecular flexibility index (Phi) is 33.5. The molecule has 10 aromatic carbocycles. The van der Waals surface area contributed by atoms with Crippen LogP contribution in [0.3, 0.4) is 0 Å². The number of aliphatic hydroxyl groups excluding tert-OH is 3. The average molecular weight is 2070 g/mol.